The highest BCUT2D eigenvalue weighted by atomic mass is 16.5. The average Bonchev–Trinajstić information content (AvgIpc) is 2.78. The predicted molar refractivity (Wildman–Crippen MR) is 82.3 cm³/mol. The van der Waals surface area contributed by atoms with Gasteiger partial charge in [0, 0.05) is 11.3 Å². The minimum absolute atomic E-state index is 0.308. The highest BCUT2D eigenvalue weighted by molar-refractivity contribution is 6.10. The van der Waals surface area contributed by atoms with Crippen LogP contribution < -0.4 is 11.1 Å². The molecule has 1 aromatic heterocycles. The van der Waals surface area contributed by atoms with Crippen molar-refractivity contribution < 1.29 is 9.32 Å². The van der Waals surface area contributed by atoms with Crippen molar-refractivity contribution in [1.29, 1.82) is 0 Å². The SMILES string of the molecule is Cc1noc(NC(=O)c2cc3ccccc3cc2N)c1C. The average molecular weight is 281 g/mol. The Hall–Kier alpha value is -2.82. The first-order valence-corrected chi connectivity index (χ1v) is 6.59. The summed E-state index contributed by atoms with van der Waals surface area (Å²) in [4.78, 5) is 12.4. The smallest absolute Gasteiger partial charge is 0.260 e. The number of aromatic nitrogens is 1. The number of hydrogen-bond acceptors (Lipinski definition) is 4. The third-order valence-corrected chi connectivity index (χ3v) is 3.55. The minimum Gasteiger partial charge on any atom is -0.398 e. The topological polar surface area (TPSA) is 81.2 Å². The van der Waals surface area contributed by atoms with Gasteiger partial charge in [0.15, 0.2) is 0 Å². The number of amides is 1. The minimum atomic E-state index is -0.308. The number of nitrogen functional groups attached to an aromatic ring is 1. The van der Waals surface area contributed by atoms with Crippen molar-refractivity contribution in [3.8, 4) is 0 Å². The Balaban J connectivity index is 1.97. The van der Waals surface area contributed by atoms with Gasteiger partial charge in [0.05, 0.1) is 11.3 Å². The van der Waals surface area contributed by atoms with Crippen molar-refractivity contribution >= 4 is 28.3 Å². The van der Waals surface area contributed by atoms with Crippen molar-refractivity contribution in [3.05, 3.63) is 53.2 Å². The van der Waals surface area contributed by atoms with Crippen LogP contribution >= 0.6 is 0 Å². The van der Waals surface area contributed by atoms with Crippen LogP contribution in [0.3, 0.4) is 0 Å². The zero-order valence-corrected chi connectivity index (χ0v) is 11.8. The van der Waals surface area contributed by atoms with Crippen LogP contribution in [-0.2, 0) is 0 Å². The molecule has 0 fully saturated rings. The van der Waals surface area contributed by atoms with E-state index in [-0.39, 0.29) is 5.91 Å². The van der Waals surface area contributed by atoms with Gasteiger partial charge in [-0.2, -0.15) is 0 Å². The van der Waals surface area contributed by atoms with Gasteiger partial charge in [0.25, 0.3) is 5.91 Å². The number of anilines is 2. The van der Waals surface area contributed by atoms with Crippen LogP contribution in [-0.4, -0.2) is 11.1 Å². The number of nitrogens with one attached hydrogen (secondary N) is 1. The van der Waals surface area contributed by atoms with Crippen molar-refractivity contribution in [2.45, 2.75) is 13.8 Å². The second-order valence-corrected chi connectivity index (χ2v) is 4.96. The lowest BCUT2D eigenvalue weighted by molar-refractivity contribution is 0.102. The Labute approximate surface area is 121 Å². The first-order chi connectivity index (χ1) is 10.1. The molecule has 0 spiro atoms. The number of carbonyl (C=O) groups is 1. The summed E-state index contributed by atoms with van der Waals surface area (Å²) in [5.41, 5.74) is 8.38. The van der Waals surface area contributed by atoms with E-state index in [0.717, 1.165) is 22.0 Å². The molecule has 0 aliphatic rings. The van der Waals surface area contributed by atoms with Crippen molar-refractivity contribution in [1.82, 2.24) is 5.16 Å². The molecule has 3 N–H and O–H groups in total. The van der Waals surface area contributed by atoms with Crippen molar-refractivity contribution in [3.63, 3.8) is 0 Å². The first kappa shape index (κ1) is 13.2. The predicted octanol–water partition coefficient (Wildman–Crippen LogP) is 3.28. The highest BCUT2D eigenvalue weighted by Crippen LogP contribution is 2.24. The van der Waals surface area contributed by atoms with Crippen LogP contribution in [0.4, 0.5) is 11.6 Å². The fraction of sp³-hybridized carbons (Fsp3) is 0.125. The number of carbonyl (C=O) groups excluding carboxylic acids is 1. The molecule has 0 atom stereocenters. The molecule has 106 valence electrons. The van der Waals surface area contributed by atoms with Crippen LogP contribution in [0.15, 0.2) is 40.9 Å². The summed E-state index contributed by atoms with van der Waals surface area (Å²) >= 11 is 0. The monoisotopic (exact) mass is 281 g/mol. The molecular formula is C16H15N3O2. The summed E-state index contributed by atoms with van der Waals surface area (Å²) in [5.74, 6) is 0.0440. The van der Waals surface area contributed by atoms with E-state index < -0.39 is 0 Å². The molecule has 21 heavy (non-hydrogen) atoms. The molecule has 5 nitrogen and oxygen atoms in total. The second-order valence-electron chi connectivity index (χ2n) is 4.96. The molecule has 0 aliphatic carbocycles. The molecule has 1 heterocycles. The first-order valence-electron chi connectivity index (χ1n) is 6.59. The fourth-order valence-corrected chi connectivity index (χ4v) is 2.16. The summed E-state index contributed by atoms with van der Waals surface area (Å²) in [5, 5.41) is 8.48. The fourth-order valence-electron chi connectivity index (χ4n) is 2.16. The molecule has 5 heteroatoms. The summed E-state index contributed by atoms with van der Waals surface area (Å²) in [7, 11) is 0. The third-order valence-electron chi connectivity index (χ3n) is 3.55. The van der Waals surface area contributed by atoms with Crippen LogP contribution in [0.2, 0.25) is 0 Å². The molecule has 0 aliphatic heterocycles. The summed E-state index contributed by atoms with van der Waals surface area (Å²) < 4.78 is 5.09. The molecule has 0 unspecified atom stereocenters. The summed E-state index contributed by atoms with van der Waals surface area (Å²) in [6, 6.07) is 11.3. The van der Waals surface area contributed by atoms with Crippen LogP contribution in [0.25, 0.3) is 10.8 Å². The van der Waals surface area contributed by atoms with Gasteiger partial charge in [0.1, 0.15) is 0 Å². The molecule has 0 saturated heterocycles. The number of benzene rings is 2. The van der Waals surface area contributed by atoms with Crippen LogP contribution in [0, 0.1) is 13.8 Å². The van der Waals surface area contributed by atoms with Gasteiger partial charge in [-0.1, -0.05) is 29.4 Å². The molecule has 1 amide bonds. The molecule has 0 saturated carbocycles. The Kier molecular flexibility index (Phi) is 3.10. The second kappa shape index (κ2) is 4.94. The lowest BCUT2D eigenvalue weighted by Gasteiger charge is -2.08. The number of hydrogen-bond donors (Lipinski definition) is 2. The van der Waals surface area contributed by atoms with E-state index in [0.29, 0.717) is 17.1 Å². The zero-order valence-electron chi connectivity index (χ0n) is 11.8. The lowest BCUT2D eigenvalue weighted by Crippen LogP contribution is -2.14. The molecule has 3 aromatic rings. The van der Waals surface area contributed by atoms with Crippen molar-refractivity contribution in [2.24, 2.45) is 0 Å². The molecular weight excluding hydrogens is 266 g/mol. The number of fused-ring (bicyclic) bond motifs is 1. The van der Waals surface area contributed by atoms with Gasteiger partial charge in [-0.15, -0.1) is 0 Å². The largest absolute Gasteiger partial charge is 0.398 e. The van der Waals surface area contributed by atoms with Gasteiger partial charge in [0.2, 0.25) is 5.88 Å². The molecule has 3 rings (SSSR count). The molecule has 0 radical (unpaired) electrons. The maximum Gasteiger partial charge on any atom is 0.260 e. The van der Waals surface area contributed by atoms with Gasteiger partial charge in [-0.25, -0.2) is 0 Å². The normalized spacial score (nSPS) is 10.8. The Morgan fingerprint density at radius 3 is 2.48 bits per heavy atom. The summed E-state index contributed by atoms with van der Waals surface area (Å²) in [6.07, 6.45) is 0. The third kappa shape index (κ3) is 2.33. The van der Waals surface area contributed by atoms with Crippen molar-refractivity contribution in [2.75, 3.05) is 11.1 Å². The van der Waals surface area contributed by atoms with Gasteiger partial charge in [-0.3, -0.25) is 10.1 Å². The van der Waals surface area contributed by atoms with E-state index in [1.54, 1.807) is 12.1 Å². The Morgan fingerprint density at radius 1 is 1.19 bits per heavy atom. The quantitative estimate of drug-likeness (QED) is 0.706. The molecule has 2 aromatic carbocycles. The lowest BCUT2D eigenvalue weighted by atomic mass is 10.0. The number of nitrogens with zero attached hydrogens (tertiary/aromatic N) is 1. The number of nitrogens with two attached hydrogens (primary N) is 1. The van der Waals surface area contributed by atoms with E-state index >= 15 is 0 Å². The Bertz CT molecular complexity index is 837. The van der Waals surface area contributed by atoms with Crippen LogP contribution in [0.5, 0.6) is 0 Å². The van der Waals surface area contributed by atoms with E-state index in [4.69, 9.17) is 10.3 Å². The zero-order chi connectivity index (χ0) is 15.0. The molecule has 0 bridgehead atoms. The van der Waals surface area contributed by atoms with E-state index in [1.165, 1.54) is 0 Å². The van der Waals surface area contributed by atoms with E-state index in [9.17, 15) is 4.79 Å². The van der Waals surface area contributed by atoms with E-state index in [1.807, 2.05) is 38.1 Å². The van der Waals surface area contributed by atoms with Gasteiger partial charge in [-0.05, 0) is 36.8 Å². The van der Waals surface area contributed by atoms with Gasteiger partial charge >= 0.3 is 0 Å². The number of aryl methyl sites for hydroxylation is 1. The summed E-state index contributed by atoms with van der Waals surface area (Å²) in [6.45, 7) is 3.66. The highest BCUT2D eigenvalue weighted by Gasteiger charge is 2.15. The van der Waals surface area contributed by atoms with Gasteiger partial charge < -0.3 is 10.3 Å². The Morgan fingerprint density at radius 2 is 1.86 bits per heavy atom. The number of rotatable bonds is 2. The maximum absolute atomic E-state index is 12.4. The van der Waals surface area contributed by atoms with E-state index in [2.05, 4.69) is 10.5 Å². The maximum atomic E-state index is 12.4. The standard InChI is InChI=1S/C16H15N3O2/c1-9-10(2)19-21-16(9)18-15(20)13-7-11-5-3-4-6-12(11)8-14(13)17/h3-8H,17H2,1-2H3,(H,18,20). The van der Waals surface area contributed by atoms with Crippen LogP contribution in [0.1, 0.15) is 21.6 Å².